The number of hydrogen-bond donors (Lipinski definition) is 1. The van der Waals surface area contributed by atoms with Crippen LogP contribution in [0.5, 0.6) is 5.75 Å². The van der Waals surface area contributed by atoms with Crippen molar-refractivity contribution >= 4 is 5.91 Å². The predicted molar refractivity (Wildman–Crippen MR) is 97.7 cm³/mol. The highest BCUT2D eigenvalue weighted by molar-refractivity contribution is 5.77. The highest BCUT2D eigenvalue weighted by atomic mass is 16.5. The Labute approximate surface area is 149 Å². The van der Waals surface area contributed by atoms with Gasteiger partial charge < -0.3 is 10.1 Å². The van der Waals surface area contributed by atoms with Crippen molar-refractivity contribution < 1.29 is 9.53 Å². The first-order valence-corrected chi connectivity index (χ1v) is 9.13. The zero-order chi connectivity index (χ0) is 17.6. The summed E-state index contributed by atoms with van der Waals surface area (Å²) in [6, 6.07) is 10.6. The molecule has 1 amide bonds. The van der Waals surface area contributed by atoms with Gasteiger partial charge in [-0.15, -0.1) is 0 Å². The van der Waals surface area contributed by atoms with Gasteiger partial charge in [0.1, 0.15) is 5.75 Å². The van der Waals surface area contributed by atoms with E-state index in [-0.39, 0.29) is 18.6 Å². The molecule has 1 saturated carbocycles. The summed E-state index contributed by atoms with van der Waals surface area (Å²) in [5.41, 5.74) is 1.27. The zero-order valence-electron chi connectivity index (χ0n) is 15.0. The zero-order valence-corrected chi connectivity index (χ0v) is 15.0. The van der Waals surface area contributed by atoms with Gasteiger partial charge in [0.05, 0.1) is 6.04 Å². The Kier molecular flexibility index (Phi) is 5.74. The maximum atomic E-state index is 12.1. The SMILES string of the molecule is CC(C)c1ccc(OCC(=O)NC2CCC(n3cccn3)CC2)cc1. The third-order valence-electron chi connectivity index (χ3n) is 4.88. The van der Waals surface area contributed by atoms with Gasteiger partial charge in [0.15, 0.2) is 6.61 Å². The van der Waals surface area contributed by atoms with Crippen LogP contribution in [0, 0.1) is 0 Å². The molecule has 0 saturated heterocycles. The van der Waals surface area contributed by atoms with E-state index >= 15 is 0 Å². The van der Waals surface area contributed by atoms with Gasteiger partial charge in [-0.25, -0.2) is 0 Å². The number of benzene rings is 1. The molecule has 0 spiro atoms. The Morgan fingerprint density at radius 3 is 2.56 bits per heavy atom. The second kappa shape index (κ2) is 8.19. The van der Waals surface area contributed by atoms with E-state index in [0.717, 1.165) is 31.4 Å². The first-order chi connectivity index (χ1) is 12.1. The van der Waals surface area contributed by atoms with E-state index in [9.17, 15) is 4.79 Å². The van der Waals surface area contributed by atoms with Gasteiger partial charge in [-0.3, -0.25) is 9.48 Å². The summed E-state index contributed by atoms with van der Waals surface area (Å²) in [6.45, 7) is 4.38. The lowest BCUT2D eigenvalue weighted by molar-refractivity contribution is -0.124. The van der Waals surface area contributed by atoms with Crippen molar-refractivity contribution in [2.24, 2.45) is 0 Å². The molecule has 2 aromatic rings. The van der Waals surface area contributed by atoms with Crippen molar-refractivity contribution in [1.29, 1.82) is 0 Å². The summed E-state index contributed by atoms with van der Waals surface area (Å²) in [5.74, 6) is 1.19. The lowest BCUT2D eigenvalue weighted by Crippen LogP contribution is -2.40. The fourth-order valence-electron chi connectivity index (χ4n) is 3.35. The molecule has 25 heavy (non-hydrogen) atoms. The van der Waals surface area contributed by atoms with Crippen molar-refractivity contribution in [3.05, 3.63) is 48.3 Å². The number of carbonyl (C=O) groups excluding carboxylic acids is 1. The number of nitrogens with one attached hydrogen (secondary N) is 1. The van der Waals surface area contributed by atoms with Crippen LogP contribution in [0.4, 0.5) is 0 Å². The summed E-state index contributed by atoms with van der Waals surface area (Å²) < 4.78 is 7.63. The smallest absolute Gasteiger partial charge is 0.258 e. The van der Waals surface area contributed by atoms with Crippen molar-refractivity contribution in [1.82, 2.24) is 15.1 Å². The van der Waals surface area contributed by atoms with Crippen molar-refractivity contribution in [3.8, 4) is 5.75 Å². The highest BCUT2D eigenvalue weighted by Gasteiger charge is 2.23. The molecule has 5 nitrogen and oxygen atoms in total. The average Bonchev–Trinajstić information content (AvgIpc) is 3.15. The van der Waals surface area contributed by atoms with Crippen LogP contribution in [-0.4, -0.2) is 28.3 Å². The molecular weight excluding hydrogens is 314 g/mol. The molecule has 0 atom stereocenters. The van der Waals surface area contributed by atoms with Gasteiger partial charge >= 0.3 is 0 Å². The lowest BCUT2D eigenvalue weighted by Gasteiger charge is -2.29. The summed E-state index contributed by atoms with van der Waals surface area (Å²) in [5, 5.41) is 7.41. The maximum absolute atomic E-state index is 12.1. The number of ether oxygens (including phenoxy) is 1. The Balaban J connectivity index is 1.39. The summed E-state index contributed by atoms with van der Waals surface area (Å²) in [6.07, 6.45) is 7.90. The fourth-order valence-corrected chi connectivity index (χ4v) is 3.35. The standard InChI is InChI=1S/C20H27N3O2/c1-15(2)16-4-10-19(11-5-16)25-14-20(24)22-17-6-8-18(9-7-17)23-13-3-12-21-23/h3-5,10-13,15,17-18H,6-9,14H2,1-2H3,(H,22,24). The monoisotopic (exact) mass is 341 g/mol. The molecule has 0 radical (unpaired) electrons. The average molecular weight is 341 g/mol. The molecule has 1 heterocycles. The molecule has 1 N–H and O–H groups in total. The molecular formula is C20H27N3O2. The number of aromatic nitrogens is 2. The van der Waals surface area contributed by atoms with E-state index < -0.39 is 0 Å². The van der Waals surface area contributed by atoms with Gasteiger partial charge in [-0.05, 0) is 55.4 Å². The minimum atomic E-state index is -0.0459. The third kappa shape index (κ3) is 4.84. The van der Waals surface area contributed by atoms with E-state index in [4.69, 9.17) is 4.74 Å². The molecule has 1 fully saturated rings. The highest BCUT2D eigenvalue weighted by Crippen LogP contribution is 2.27. The Hall–Kier alpha value is -2.30. The molecule has 134 valence electrons. The van der Waals surface area contributed by atoms with E-state index in [1.54, 1.807) is 0 Å². The normalized spacial score (nSPS) is 20.4. The van der Waals surface area contributed by atoms with Crippen LogP contribution in [0.1, 0.15) is 57.1 Å². The van der Waals surface area contributed by atoms with Crippen LogP contribution in [0.2, 0.25) is 0 Å². The van der Waals surface area contributed by atoms with Crippen LogP contribution in [-0.2, 0) is 4.79 Å². The van der Waals surface area contributed by atoms with Crippen LogP contribution < -0.4 is 10.1 Å². The molecule has 1 aliphatic rings. The van der Waals surface area contributed by atoms with Crippen molar-refractivity contribution in [2.45, 2.75) is 57.5 Å². The molecule has 0 unspecified atom stereocenters. The Bertz CT molecular complexity index is 657. The second-order valence-electron chi connectivity index (χ2n) is 7.07. The van der Waals surface area contributed by atoms with E-state index in [1.165, 1.54) is 5.56 Å². The maximum Gasteiger partial charge on any atom is 0.258 e. The Morgan fingerprint density at radius 1 is 1.24 bits per heavy atom. The van der Waals surface area contributed by atoms with Crippen molar-refractivity contribution in [2.75, 3.05) is 6.61 Å². The minimum Gasteiger partial charge on any atom is -0.484 e. The molecule has 0 bridgehead atoms. The van der Waals surface area contributed by atoms with Gasteiger partial charge in [-0.2, -0.15) is 5.10 Å². The predicted octanol–water partition coefficient (Wildman–Crippen LogP) is 3.69. The summed E-state index contributed by atoms with van der Waals surface area (Å²) in [4.78, 5) is 12.1. The Morgan fingerprint density at radius 2 is 1.96 bits per heavy atom. The lowest BCUT2D eigenvalue weighted by atomic mass is 9.91. The van der Waals surface area contributed by atoms with E-state index in [2.05, 4.69) is 36.4 Å². The first kappa shape index (κ1) is 17.5. The molecule has 1 aromatic heterocycles. The molecule has 1 aliphatic carbocycles. The third-order valence-corrected chi connectivity index (χ3v) is 4.88. The summed E-state index contributed by atoms with van der Waals surface area (Å²) in [7, 11) is 0. The van der Waals surface area contributed by atoms with Crippen LogP contribution in [0.15, 0.2) is 42.7 Å². The van der Waals surface area contributed by atoms with Crippen LogP contribution in [0.3, 0.4) is 0 Å². The number of carbonyl (C=O) groups is 1. The number of rotatable bonds is 6. The minimum absolute atomic E-state index is 0.0459. The topological polar surface area (TPSA) is 56.1 Å². The van der Waals surface area contributed by atoms with Crippen LogP contribution >= 0.6 is 0 Å². The number of nitrogens with zero attached hydrogens (tertiary/aromatic N) is 2. The van der Waals surface area contributed by atoms with Gasteiger partial charge in [-0.1, -0.05) is 26.0 Å². The summed E-state index contributed by atoms with van der Waals surface area (Å²) >= 11 is 0. The number of hydrogen-bond acceptors (Lipinski definition) is 3. The van der Waals surface area contributed by atoms with E-state index in [1.807, 2.05) is 35.3 Å². The van der Waals surface area contributed by atoms with Crippen molar-refractivity contribution in [3.63, 3.8) is 0 Å². The first-order valence-electron chi connectivity index (χ1n) is 9.13. The van der Waals surface area contributed by atoms with Gasteiger partial charge in [0.2, 0.25) is 0 Å². The van der Waals surface area contributed by atoms with E-state index in [0.29, 0.717) is 12.0 Å². The second-order valence-corrected chi connectivity index (χ2v) is 7.07. The fraction of sp³-hybridized carbons (Fsp3) is 0.500. The molecule has 5 heteroatoms. The van der Waals surface area contributed by atoms with Gasteiger partial charge in [0.25, 0.3) is 5.91 Å². The quantitative estimate of drug-likeness (QED) is 0.872. The molecule has 0 aliphatic heterocycles. The van der Waals surface area contributed by atoms with Crippen LogP contribution in [0.25, 0.3) is 0 Å². The largest absolute Gasteiger partial charge is 0.484 e. The molecule has 1 aromatic carbocycles. The number of amides is 1. The van der Waals surface area contributed by atoms with Gasteiger partial charge in [0, 0.05) is 18.4 Å². The molecule has 3 rings (SSSR count).